The smallest absolute Gasteiger partial charge is 0.122 e. The molecule has 0 aromatic heterocycles. The van der Waals surface area contributed by atoms with E-state index < -0.39 is 6.10 Å². The summed E-state index contributed by atoms with van der Waals surface area (Å²) in [6.07, 6.45) is 2.32. The third-order valence-corrected chi connectivity index (χ3v) is 2.98. The van der Waals surface area contributed by atoms with Crippen LogP contribution in [0.15, 0.2) is 18.2 Å². The van der Waals surface area contributed by atoms with E-state index in [1.165, 1.54) is 5.56 Å². The second-order valence-corrected chi connectivity index (χ2v) is 4.21. The number of hydrogen-bond donors (Lipinski definition) is 1. The van der Waals surface area contributed by atoms with Crippen molar-refractivity contribution in [3.8, 4) is 5.75 Å². The predicted molar refractivity (Wildman–Crippen MR) is 60.7 cm³/mol. The number of alkyl halides is 1. The number of halogens is 1. The molecule has 0 fully saturated rings. The van der Waals surface area contributed by atoms with Crippen molar-refractivity contribution >= 4 is 11.6 Å². The molecular formula is C12H15ClO2. The van der Waals surface area contributed by atoms with Gasteiger partial charge in [-0.05, 0) is 36.5 Å². The highest BCUT2D eigenvalue weighted by atomic mass is 35.5. The summed E-state index contributed by atoms with van der Waals surface area (Å²) >= 11 is 5.57. The molecule has 0 radical (unpaired) electrons. The fourth-order valence-electron chi connectivity index (χ4n) is 1.87. The van der Waals surface area contributed by atoms with Crippen LogP contribution in [0.1, 0.15) is 17.5 Å². The van der Waals surface area contributed by atoms with Crippen LogP contribution in [0.2, 0.25) is 0 Å². The minimum absolute atomic E-state index is 0.285. The molecule has 0 aliphatic carbocycles. The van der Waals surface area contributed by atoms with Crippen molar-refractivity contribution in [1.82, 2.24) is 0 Å². The zero-order valence-corrected chi connectivity index (χ0v) is 9.33. The van der Waals surface area contributed by atoms with Crippen molar-refractivity contribution in [3.63, 3.8) is 0 Å². The molecule has 1 aromatic rings. The number of aliphatic hydroxyl groups excluding tert-OH is 1. The first-order valence-electron chi connectivity index (χ1n) is 5.28. The molecule has 0 spiro atoms. The fraction of sp³-hybridized carbons (Fsp3) is 0.500. The van der Waals surface area contributed by atoms with Gasteiger partial charge in [0.25, 0.3) is 0 Å². The molecule has 1 atom stereocenters. The van der Waals surface area contributed by atoms with Crippen LogP contribution in [0.4, 0.5) is 0 Å². The largest absolute Gasteiger partial charge is 0.493 e. The van der Waals surface area contributed by atoms with Crippen LogP contribution in [0, 0.1) is 0 Å². The number of aliphatic hydroxyl groups is 1. The molecule has 2 rings (SSSR count). The first-order chi connectivity index (χ1) is 7.29. The molecule has 0 amide bonds. The van der Waals surface area contributed by atoms with E-state index in [1.54, 1.807) is 0 Å². The van der Waals surface area contributed by atoms with Gasteiger partial charge in [0.2, 0.25) is 0 Å². The normalized spacial score (nSPS) is 16.7. The van der Waals surface area contributed by atoms with Crippen LogP contribution in [-0.4, -0.2) is 23.7 Å². The van der Waals surface area contributed by atoms with E-state index in [2.05, 4.69) is 6.07 Å². The first kappa shape index (κ1) is 10.8. The lowest BCUT2D eigenvalue weighted by molar-refractivity contribution is 0.198. The topological polar surface area (TPSA) is 29.5 Å². The minimum atomic E-state index is -0.450. The Hall–Kier alpha value is -0.730. The Balaban J connectivity index is 2.13. The van der Waals surface area contributed by atoms with E-state index in [9.17, 15) is 5.11 Å². The van der Waals surface area contributed by atoms with Gasteiger partial charge in [-0.15, -0.1) is 11.6 Å². The molecule has 1 aromatic carbocycles. The van der Waals surface area contributed by atoms with Crippen molar-refractivity contribution in [2.75, 3.05) is 12.5 Å². The zero-order valence-electron chi connectivity index (χ0n) is 8.58. The van der Waals surface area contributed by atoms with E-state index in [0.717, 1.165) is 30.8 Å². The van der Waals surface area contributed by atoms with Gasteiger partial charge >= 0.3 is 0 Å². The average Bonchev–Trinajstić information content (AvgIpc) is 2.29. The number of aryl methyl sites for hydroxylation is 1. The third kappa shape index (κ3) is 2.64. The van der Waals surface area contributed by atoms with E-state index in [0.29, 0.717) is 6.42 Å². The van der Waals surface area contributed by atoms with Crippen LogP contribution in [0.25, 0.3) is 0 Å². The number of hydrogen-bond acceptors (Lipinski definition) is 2. The Morgan fingerprint density at radius 3 is 3.13 bits per heavy atom. The van der Waals surface area contributed by atoms with Gasteiger partial charge in [-0.1, -0.05) is 12.1 Å². The second-order valence-electron chi connectivity index (χ2n) is 3.91. The molecule has 1 aliphatic heterocycles. The summed E-state index contributed by atoms with van der Waals surface area (Å²) in [7, 11) is 0. The monoisotopic (exact) mass is 226 g/mol. The van der Waals surface area contributed by atoms with Gasteiger partial charge in [-0.2, -0.15) is 0 Å². The molecular weight excluding hydrogens is 212 g/mol. The highest BCUT2D eigenvalue weighted by Gasteiger charge is 2.11. The molecule has 1 N–H and O–H groups in total. The van der Waals surface area contributed by atoms with Crippen LogP contribution in [-0.2, 0) is 12.8 Å². The fourth-order valence-corrected chi connectivity index (χ4v) is 1.98. The molecule has 2 nitrogen and oxygen atoms in total. The van der Waals surface area contributed by atoms with Crippen molar-refractivity contribution in [2.24, 2.45) is 0 Å². The Kier molecular flexibility index (Phi) is 3.49. The number of ether oxygens (including phenoxy) is 1. The van der Waals surface area contributed by atoms with E-state index >= 15 is 0 Å². The molecule has 15 heavy (non-hydrogen) atoms. The standard InChI is InChI=1S/C12H15ClO2/c13-8-11(14)7-9-3-4-12-10(6-9)2-1-5-15-12/h3-4,6,11,14H,1-2,5,7-8H2. The summed E-state index contributed by atoms with van der Waals surface area (Å²) in [5, 5.41) is 9.45. The highest BCUT2D eigenvalue weighted by molar-refractivity contribution is 6.18. The Bertz CT molecular complexity index is 338. The Morgan fingerprint density at radius 2 is 2.33 bits per heavy atom. The van der Waals surface area contributed by atoms with Crippen molar-refractivity contribution in [3.05, 3.63) is 29.3 Å². The van der Waals surface area contributed by atoms with Crippen molar-refractivity contribution in [2.45, 2.75) is 25.4 Å². The van der Waals surface area contributed by atoms with Gasteiger partial charge in [0.15, 0.2) is 0 Å². The summed E-state index contributed by atoms with van der Waals surface area (Å²) in [5.41, 5.74) is 2.38. The molecule has 3 heteroatoms. The maximum Gasteiger partial charge on any atom is 0.122 e. The predicted octanol–water partition coefficient (Wildman–Crippen LogP) is 2.15. The lowest BCUT2D eigenvalue weighted by Gasteiger charge is -2.18. The summed E-state index contributed by atoms with van der Waals surface area (Å²) in [6.45, 7) is 0.816. The van der Waals surface area contributed by atoms with E-state index in [-0.39, 0.29) is 5.88 Å². The maximum absolute atomic E-state index is 9.45. The SMILES string of the molecule is OC(CCl)Cc1ccc2c(c1)CCCO2. The average molecular weight is 227 g/mol. The first-order valence-corrected chi connectivity index (χ1v) is 5.81. The van der Waals surface area contributed by atoms with E-state index in [1.807, 2.05) is 12.1 Å². The molecule has 0 bridgehead atoms. The molecule has 0 saturated heterocycles. The van der Waals surface area contributed by atoms with Gasteiger partial charge in [-0.3, -0.25) is 0 Å². The third-order valence-electron chi connectivity index (χ3n) is 2.62. The molecule has 0 saturated carbocycles. The summed E-state index contributed by atoms with van der Waals surface area (Å²) < 4.78 is 5.52. The maximum atomic E-state index is 9.45. The molecule has 82 valence electrons. The Morgan fingerprint density at radius 1 is 1.47 bits per heavy atom. The van der Waals surface area contributed by atoms with Gasteiger partial charge in [0.05, 0.1) is 12.7 Å². The van der Waals surface area contributed by atoms with Crippen molar-refractivity contribution in [1.29, 1.82) is 0 Å². The van der Waals surface area contributed by atoms with Crippen LogP contribution >= 0.6 is 11.6 Å². The minimum Gasteiger partial charge on any atom is -0.493 e. The number of rotatable bonds is 3. The van der Waals surface area contributed by atoms with Gasteiger partial charge in [0.1, 0.15) is 5.75 Å². The van der Waals surface area contributed by atoms with Gasteiger partial charge < -0.3 is 9.84 Å². The van der Waals surface area contributed by atoms with Gasteiger partial charge in [0, 0.05) is 5.88 Å². The molecule has 1 aliphatic rings. The van der Waals surface area contributed by atoms with Crippen LogP contribution in [0.5, 0.6) is 5.75 Å². The van der Waals surface area contributed by atoms with Crippen LogP contribution in [0.3, 0.4) is 0 Å². The number of benzene rings is 1. The highest BCUT2D eigenvalue weighted by Crippen LogP contribution is 2.25. The van der Waals surface area contributed by atoms with E-state index in [4.69, 9.17) is 16.3 Å². The quantitative estimate of drug-likeness (QED) is 0.801. The van der Waals surface area contributed by atoms with Crippen LogP contribution < -0.4 is 4.74 Å². The lowest BCUT2D eigenvalue weighted by Crippen LogP contribution is -2.13. The lowest BCUT2D eigenvalue weighted by atomic mass is 10.0. The number of fused-ring (bicyclic) bond motifs is 1. The summed E-state index contributed by atoms with van der Waals surface area (Å²) in [5.74, 6) is 1.28. The Labute approximate surface area is 94.8 Å². The van der Waals surface area contributed by atoms with Gasteiger partial charge in [-0.25, -0.2) is 0 Å². The molecule has 1 unspecified atom stereocenters. The summed E-state index contributed by atoms with van der Waals surface area (Å²) in [4.78, 5) is 0. The molecule has 1 heterocycles. The zero-order chi connectivity index (χ0) is 10.7. The summed E-state index contributed by atoms with van der Waals surface area (Å²) in [6, 6.07) is 6.11. The van der Waals surface area contributed by atoms with Crippen molar-refractivity contribution < 1.29 is 9.84 Å². The second kappa shape index (κ2) is 4.86.